The van der Waals surface area contributed by atoms with E-state index in [1.165, 1.54) is 26.9 Å². The first-order valence-corrected chi connectivity index (χ1v) is 12.5. The third-order valence-electron chi connectivity index (χ3n) is 6.85. The van der Waals surface area contributed by atoms with E-state index >= 15 is 0 Å². The number of piperazine rings is 1. The van der Waals surface area contributed by atoms with Crippen molar-refractivity contribution in [2.24, 2.45) is 0 Å². The van der Waals surface area contributed by atoms with Crippen LogP contribution in [-0.2, 0) is 6.54 Å². The summed E-state index contributed by atoms with van der Waals surface area (Å²) in [5, 5.41) is 0.356. The van der Waals surface area contributed by atoms with Gasteiger partial charge in [0.05, 0.1) is 26.7 Å². The first-order chi connectivity index (χ1) is 18.5. The number of rotatable bonds is 7. The second kappa shape index (κ2) is 11.0. The van der Waals surface area contributed by atoms with Crippen LogP contribution in [0, 0.1) is 0 Å². The SMILES string of the molecule is COc1cc(-c2oc3ccccc3c(=O)c2C(=O)N2CCN(Cc3ccccc3)CC2)cc(OC)c1OC. The molecule has 2 heterocycles. The van der Waals surface area contributed by atoms with Crippen molar-refractivity contribution in [2.75, 3.05) is 47.5 Å². The fraction of sp³-hybridized carbons (Fsp3) is 0.267. The smallest absolute Gasteiger partial charge is 0.261 e. The molecule has 3 aromatic carbocycles. The standard InChI is InChI=1S/C30H30N2O6/c1-35-24-17-21(18-25(36-2)29(24)37-3)28-26(27(33)22-11-7-8-12-23(22)38-28)30(34)32-15-13-31(14-16-32)19-20-9-5-4-6-10-20/h4-12,17-18H,13-16,19H2,1-3H3. The molecule has 1 fully saturated rings. The lowest BCUT2D eigenvalue weighted by Gasteiger charge is -2.34. The highest BCUT2D eigenvalue weighted by atomic mass is 16.5. The van der Waals surface area contributed by atoms with Crippen LogP contribution in [0.15, 0.2) is 75.9 Å². The van der Waals surface area contributed by atoms with E-state index in [2.05, 4.69) is 17.0 Å². The number of methoxy groups -OCH3 is 3. The van der Waals surface area contributed by atoms with Gasteiger partial charge in [-0.25, -0.2) is 0 Å². The number of benzene rings is 3. The second-order valence-corrected chi connectivity index (χ2v) is 9.10. The fourth-order valence-electron chi connectivity index (χ4n) is 4.86. The van der Waals surface area contributed by atoms with Gasteiger partial charge in [0, 0.05) is 38.3 Å². The molecule has 1 aromatic heterocycles. The Morgan fingerprint density at radius 2 is 1.47 bits per heavy atom. The van der Waals surface area contributed by atoms with E-state index in [-0.39, 0.29) is 22.7 Å². The molecule has 0 aliphatic carbocycles. The molecule has 0 saturated carbocycles. The molecular weight excluding hydrogens is 484 g/mol. The van der Waals surface area contributed by atoms with Gasteiger partial charge in [-0.2, -0.15) is 0 Å². The predicted molar refractivity (Wildman–Crippen MR) is 145 cm³/mol. The monoisotopic (exact) mass is 514 g/mol. The Morgan fingerprint density at radius 1 is 0.842 bits per heavy atom. The molecule has 1 saturated heterocycles. The van der Waals surface area contributed by atoms with Crippen LogP contribution in [0.4, 0.5) is 0 Å². The van der Waals surface area contributed by atoms with Crippen LogP contribution in [0.25, 0.3) is 22.3 Å². The largest absolute Gasteiger partial charge is 0.493 e. The lowest BCUT2D eigenvalue weighted by Crippen LogP contribution is -2.49. The predicted octanol–water partition coefficient (Wildman–Crippen LogP) is 4.44. The Balaban J connectivity index is 1.53. The van der Waals surface area contributed by atoms with Crippen LogP contribution in [0.3, 0.4) is 0 Å². The van der Waals surface area contributed by atoms with Crippen molar-refractivity contribution in [3.05, 3.63) is 88.1 Å². The second-order valence-electron chi connectivity index (χ2n) is 9.10. The van der Waals surface area contributed by atoms with E-state index in [9.17, 15) is 9.59 Å². The Labute approximate surface area is 220 Å². The molecule has 4 aromatic rings. The van der Waals surface area contributed by atoms with Gasteiger partial charge in [0.25, 0.3) is 5.91 Å². The fourth-order valence-corrected chi connectivity index (χ4v) is 4.86. The van der Waals surface area contributed by atoms with Gasteiger partial charge in [-0.05, 0) is 29.8 Å². The van der Waals surface area contributed by atoms with Gasteiger partial charge < -0.3 is 23.5 Å². The summed E-state index contributed by atoms with van der Waals surface area (Å²) in [6.45, 7) is 3.25. The maximum absolute atomic E-state index is 13.9. The Bertz CT molecular complexity index is 1480. The quantitative estimate of drug-likeness (QED) is 0.361. The molecule has 8 heteroatoms. The minimum Gasteiger partial charge on any atom is -0.493 e. The number of nitrogens with zero attached hydrogens (tertiary/aromatic N) is 2. The Kier molecular flexibility index (Phi) is 7.33. The van der Waals surface area contributed by atoms with E-state index in [4.69, 9.17) is 18.6 Å². The zero-order valence-electron chi connectivity index (χ0n) is 21.7. The van der Waals surface area contributed by atoms with Crippen molar-refractivity contribution in [1.82, 2.24) is 9.80 Å². The van der Waals surface area contributed by atoms with Gasteiger partial charge in [0.1, 0.15) is 11.1 Å². The number of carbonyl (C=O) groups is 1. The first kappa shape index (κ1) is 25.4. The average molecular weight is 515 g/mol. The molecule has 0 N–H and O–H groups in total. The maximum atomic E-state index is 13.9. The summed E-state index contributed by atoms with van der Waals surface area (Å²) in [6.07, 6.45) is 0. The number of fused-ring (bicyclic) bond motifs is 1. The van der Waals surface area contributed by atoms with Crippen molar-refractivity contribution in [1.29, 1.82) is 0 Å². The third kappa shape index (κ3) is 4.82. The van der Waals surface area contributed by atoms with Gasteiger partial charge in [-0.3, -0.25) is 14.5 Å². The zero-order valence-corrected chi connectivity index (χ0v) is 21.7. The number of para-hydroxylation sites is 1. The molecular formula is C30H30N2O6. The van der Waals surface area contributed by atoms with E-state index in [0.29, 0.717) is 60.0 Å². The number of amides is 1. The Hall–Kier alpha value is -4.30. The summed E-state index contributed by atoms with van der Waals surface area (Å²) in [7, 11) is 4.54. The highest BCUT2D eigenvalue weighted by Crippen LogP contribution is 2.42. The molecule has 8 nitrogen and oxygen atoms in total. The van der Waals surface area contributed by atoms with Crippen molar-refractivity contribution in [3.63, 3.8) is 0 Å². The van der Waals surface area contributed by atoms with Crippen LogP contribution in [0.1, 0.15) is 15.9 Å². The molecule has 0 bridgehead atoms. The molecule has 196 valence electrons. The van der Waals surface area contributed by atoms with E-state index in [1.807, 2.05) is 18.2 Å². The summed E-state index contributed by atoms with van der Waals surface area (Å²) < 4.78 is 22.7. The normalized spacial score (nSPS) is 13.9. The van der Waals surface area contributed by atoms with Gasteiger partial charge in [-0.1, -0.05) is 42.5 Å². The molecule has 5 rings (SSSR count). The molecule has 0 unspecified atom stereocenters. The number of ether oxygens (including phenoxy) is 3. The maximum Gasteiger partial charge on any atom is 0.261 e. The van der Waals surface area contributed by atoms with Crippen molar-refractivity contribution < 1.29 is 23.4 Å². The summed E-state index contributed by atoms with van der Waals surface area (Å²) in [5.41, 5.74) is 1.73. The molecule has 1 aliphatic heterocycles. The highest BCUT2D eigenvalue weighted by Gasteiger charge is 2.30. The molecule has 1 amide bonds. The molecule has 38 heavy (non-hydrogen) atoms. The van der Waals surface area contributed by atoms with Crippen LogP contribution in [0.2, 0.25) is 0 Å². The summed E-state index contributed by atoms with van der Waals surface area (Å²) >= 11 is 0. The molecule has 1 aliphatic rings. The lowest BCUT2D eigenvalue weighted by atomic mass is 10.0. The van der Waals surface area contributed by atoms with Gasteiger partial charge in [0.15, 0.2) is 17.3 Å². The van der Waals surface area contributed by atoms with Crippen LogP contribution in [-0.4, -0.2) is 63.2 Å². The molecule has 0 spiro atoms. The van der Waals surface area contributed by atoms with Gasteiger partial charge in [0.2, 0.25) is 11.2 Å². The minimum atomic E-state index is -0.368. The van der Waals surface area contributed by atoms with Crippen LogP contribution >= 0.6 is 0 Å². The zero-order chi connectivity index (χ0) is 26.6. The Morgan fingerprint density at radius 3 is 2.11 bits per heavy atom. The topological polar surface area (TPSA) is 81.5 Å². The van der Waals surface area contributed by atoms with Gasteiger partial charge >= 0.3 is 0 Å². The van der Waals surface area contributed by atoms with Crippen LogP contribution in [0.5, 0.6) is 17.2 Å². The van der Waals surface area contributed by atoms with Gasteiger partial charge in [-0.15, -0.1) is 0 Å². The summed E-state index contributed by atoms with van der Waals surface area (Å²) in [6, 6.07) is 20.6. The number of hydrogen-bond donors (Lipinski definition) is 0. The van der Waals surface area contributed by atoms with Crippen molar-refractivity contribution >= 4 is 16.9 Å². The summed E-state index contributed by atoms with van der Waals surface area (Å²) in [5.74, 6) is 1.01. The third-order valence-corrected chi connectivity index (χ3v) is 6.85. The minimum absolute atomic E-state index is 0.00511. The van der Waals surface area contributed by atoms with E-state index < -0.39 is 0 Å². The number of hydrogen-bond acceptors (Lipinski definition) is 7. The summed E-state index contributed by atoms with van der Waals surface area (Å²) in [4.78, 5) is 31.7. The van der Waals surface area contributed by atoms with Crippen LogP contribution < -0.4 is 19.6 Å². The van der Waals surface area contributed by atoms with Crippen molar-refractivity contribution in [2.45, 2.75) is 6.54 Å². The first-order valence-electron chi connectivity index (χ1n) is 12.5. The molecule has 0 atom stereocenters. The number of carbonyl (C=O) groups excluding carboxylic acids is 1. The highest BCUT2D eigenvalue weighted by molar-refractivity contribution is 6.02. The van der Waals surface area contributed by atoms with E-state index in [0.717, 1.165) is 6.54 Å². The molecule has 0 radical (unpaired) electrons. The van der Waals surface area contributed by atoms with Crippen molar-refractivity contribution in [3.8, 4) is 28.6 Å². The van der Waals surface area contributed by atoms with E-state index in [1.54, 1.807) is 41.3 Å². The average Bonchev–Trinajstić information content (AvgIpc) is 2.97. The lowest BCUT2D eigenvalue weighted by molar-refractivity contribution is 0.0626.